The van der Waals surface area contributed by atoms with E-state index >= 15 is 0 Å². The van der Waals surface area contributed by atoms with Crippen LogP contribution in [-0.4, -0.2) is 11.4 Å². The third-order valence-electron chi connectivity index (χ3n) is 2.14. The predicted octanol–water partition coefficient (Wildman–Crippen LogP) is 2.57. The highest BCUT2D eigenvalue weighted by molar-refractivity contribution is 7.98. The lowest BCUT2D eigenvalue weighted by atomic mass is 10.1. The molecule has 14 heavy (non-hydrogen) atoms. The van der Waals surface area contributed by atoms with Crippen LogP contribution in [-0.2, 0) is 0 Å². The van der Waals surface area contributed by atoms with E-state index in [9.17, 15) is 9.90 Å². The summed E-state index contributed by atoms with van der Waals surface area (Å²) in [6, 6.07) is 6.63. The van der Waals surface area contributed by atoms with Gasteiger partial charge in [0.15, 0.2) is 5.75 Å². The Labute approximate surface area is 88.0 Å². The molecule has 0 saturated carbocycles. The van der Waals surface area contributed by atoms with E-state index < -0.39 is 0 Å². The second-order valence-corrected chi connectivity index (χ2v) is 4.06. The molecule has 0 heterocycles. The molecule has 1 atom stereocenters. The molecule has 2 nitrogen and oxygen atoms in total. The quantitative estimate of drug-likeness (QED) is 0.833. The molecule has 0 saturated heterocycles. The van der Waals surface area contributed by atoms with Crippen LogP contribution in [0.15, 0.2) is 29.1 Å². The smallest absolute Gasteiger partial charge is 0.220 e. The van der Waals surface area contributed by atoms with Crippen molar-refractivity contribution >= 4 is 11.8 Å². The Bertz CT molecular complexity index is 359. The van der Waals surface area contributed by atoms with Crippen molar-refractivity contribution in [2.24, 2.45) is 0 Å². The molecular formula is C11H14O2S. The molecule has 0 aliphatic carbocycles. The molecule has 0 spiro atoms. The van der Waals surface area contributed by atoms with Crippen LogP contribution in [0.2, 0.25) is 0 Å². The third-order valence-corrected chi connectivity index (χ3v) is 3.30. The monoisotopic (exact) mass is 210 g/mol. The van der Waals surface area contributed by atoms with Gasteiger partial charge in [0.1, 0.15) is 0 Å². The van der Waals surface area contributed by atoms with Gasteiger partial charge in [0, 0.05) is 10.8 Å². The average Bonchev–Trinajstić information content (AvgIpc) is 2.35. The fourth-order valence-corrected chi connectivity index (χ4v) is 2.15. The number of aromatic hydroxyl groups is 1. The van der Waals surface area contributed by atoms with Crippen LogP contribution in [0.25, 0.3) is 0 Å². The standard InChI is InChI=1S/C11H14O2S/c1-3-10(14-2)8-6-4-5-7-9(12)11(8)13/h4-7,10H,3H2,1-2H3,(H,12,13). The van der Waals surface area contributed by atoms with E-state index in [1.165, 1.54) is 6.07 Å². The van der Waals surface area contributed by atoms with Crippen LogP contribution < -0.4 is 5.43 Å². The molecule has 3 heteroatoms. The summed E-state index contributed by atoms with van der Waals surface area (Å²) in [5.41, 5.74) is 0.424. The molecule has 0 bridgehead atoms. The number of hydrogen-bond acceptors (Lipinski definition) is 3. The Balaban J connectivity index is 3.28. The first-order valence-electron chi connectivity index (χ1n) is 4.55. The van der Waals surface area contributed by atoms with Gasteiger partial charge in [-0.3, -0.25) is 4.79 Å². The van der Waals surface area contributed by atoms with Crippen LogP contribution in [0.5, 0.6) is 5.75 Å². The zero-order valence-corrected chi connectivity index (χ0v) is 9.17. The zero-order chi connectivity index (χ0) is 10.6. The highest BCUT2D eigenvalue weighted by Crippen LogP contribution is 2.32. The van der Waals surface area contributed by atoms with E-state index in [2.05, 4.69) is 0 Å². The molecule has 0 aliphatic heterocycles. The molecule has 1 aromatic carbocycles. The van der Waals surface area contributed by atoms with Crippen molar-refractivity contribution in [1.29, 1.82) is 0 Å². The van der Waals surface area contributed by atoms with Crippen LogP contribution in [0.4, 0.5) is 0 Å². The van der Waals surface area contributed by atoms with E-state index in [0.717, 1.165) is 12.0 Å². The van der Waals surface area contributed by atoms with E-state index in [4.69, 9.17) is 0 Å². The van der Waals surface area contributed by atoms with Crippen molar-refractivity contribution in [2.75, 3.05) is 6.26 Å². The lowest BCUT2D eigenvalue weighted by molar-refractivity contribution is 0.463. The number of rotatable bonds is 3. The summed E-state index contributed by atoms with van der Waals surface area (Å²) in [6.45, 7) is 2.04. The van der Waals surface area contributed by atoms with Crippen LogP contribution in [0, 0.1) is 0 Å². The van der Waals surface area contributed by atoms with Gasteiger partial charge in [0.25, 0.3) is 0 Å². The summed E-state index contributed by atoms with van der Waals surface area (Å²) in [5.74, 6) is -0.115. The molecule has 0 fully saturated rings. The van der Waals surface area contributed by atoms with Gasteiger partial charge < -0.3 is 5.11 Å². The van der Waals surface area contributed by atoms with Crippen molar-refractivity contribution in [2.45, 2.75) is 18.6 Å². The van der Waals surface area contributed by atoms with Crippen LogP contribution in [0.3, 0.4) is 0 Å². The summed E-state index contributed by atoms with van der Waals surface area (Å²) in [5, 5.41) is 9.85. The van der Waals surface area contributed by atoms with E-state index in [-0.39, 0.29) is 16.4 Å². The first kappa shape index (κ1) is 11.1. The fourth-order valence-electron chi connectivity index (χ4n) is 1.38. The van der Waals surface area contributed by atoms with Crippen molar-refractivity contribution in [3.8, 4) is 5.75 Å². The molecule has 0 aromatic heterocycles. The largest absolute Gasteiger partial charge is 0.504 e. The van der Waals surface area contributed by atoms with Gasteiger partial charge in [-0.2, -0.15) is 11.8 Å². The normalized spacial score (nSPS) is 12.4. The summed E-state index contributed by atoms with van der Waals surface area (Å²) < 4.78 is 0. The average molecular weight is 210 g/mol. The maximum Gasteiger partial charge on any atom is 0.220 e. The summed E-state index contributed by atoms with van der Waals surface area (Å²) >= 11 is 1.64. The molecule has 0 aliphatic rings. The lowest BCUT2D eigenvalue weighted by Crippen LogP contribution is -1.99. The van der Waals surface area contributed by atoms with Crippen molar-refractivity contribution < 1.29 is 5.11 Å². The Morgan fingerprint density at radius 2 is 2.07 bits per heavy atom. The highest BCUT2D eigenvalue weighted by Gasteiger charge is 2.12. The van der Waals surface area contributed by atoms with Crippen molar-refractivity contribution in [3.05, 3.63) is 40.1 Å². The Morgan fingerprint density at radius 1 is 1.43 bits per heavy atom. The minimum Gasteiger partial charge on any atom is -0.504 e. The summed E-state index contributed by atoms with van der Waals surface area (Å²) in [7, 11) is 0. The SMILES string of the molecule is CCC(SC)c1ccccc(=O)c1O. The van der Waals surface area contributed by atoms with E-state index in [1.54, 1.807) is 30.0 Å². The summed E-state index contributed by atoms with van der Waals surface area (Å²) in [4.78, 5) is 11.3. The molecule has 0 amide bonds. The lowest BCUT2D eigenvalue weighted by Gasteiger charge is -2.11. The van der Waals surface area contributed by atoms with Gasteiger partial charge in [-0.1, -0.05) is 25.1 Å². The van der Waals surface area contributed by atoms with Gasteiger partial charge in [0.2, 0.25) is 5.43 Å². The van der Waals surface area contributed by atoms with Crippen molar-refractivity contribution in [1.82, 2.24) is 0 Å². The van der Waals surface area contributed by atoms with Gasteiger partial charge >= 0.3 is 0 Å². The third kappa shape index (κ3) is 2.29. The fraction of sp³-hybridized carbons (Fsp3) is 0.364. The topological polar surface area (TPSA) is 37.3 Å². The minimum absolute atomic E-state index is 0.115. The van der Waals surface area contributed by atoms with Gasteiger partial charge in [-0.05, 0) is 18.7 Å². The van der Waals surface area contributed by atoms with Crippen LogP contribution >= 0.6 is 11.8 Å². The second-order valence-electron chi connectivity index (χ2n) is 3.02. The summed E-state index contributed by atoms with van der Waals surface area (Å²) in [6.07, 6.45) is 2.88. The van der Waals surface area contributed by atoms with Gasteiger partial charge in [-0.15, -0.1) is 0 Å². The van der Waals surface area contributed by atoms with E-state index in [0.29, 0.717) is 0 Å². The minimum atomic E-state index is -0.308. The number of thioether (sulfide) groups is 1. The first-order valence-corrected chi connectivity index (χ1v) is 5.84. The van der Waals surface area contributed by atoms with Crippen molar-refractivity contribution in [3.63, 3.8) is 0 Å². The molecule has 76 valence electrons. The zero-order valence-electron chi connectivity index (χ0n) is 8.36. The van der Waals surface area contributed by atoms with Gasteiger partial charge in [0.05, 0.1) is 0 Å². The maximum absolute atomic E-state index is 11.3. The van der Waals surface area contributed by atoms with Gasteiger partial charge in [-0.25, -0.2) is 0 Å². The molecular weight excluding hydrogens is 196 g/mol. The predicted molar refractivity (Wildman–Crippen MR) is 60.9 cm³/mol. The maximum atomic E-state index is 11.3. The Morgan fingerprint density at radius 3 is 2.64 bits per heavy atom. The molecule has 1 N–H and O–H groups in total. The molecule has 1 rings (SSSR count). The molecule has 1 aromatic rings. The van der Waals surface area contributed by atoms with E-state index in [1.807, 2.05) is 13.2 Å². The first-order chi connectivity index (χ1) is 6.70. The Hall–Kier alpha value is -0.960. The van der Waals surface area contributed by atoms with Crippen LogP contribution in [0.1, 0.15) is 24.2 Å². The molecule has 1 unspecified atom stereocenters. The second kappa shape index (κ2) is 5.05. The molecule has 0 radical (unpaired) electrons. The highest BCUT2D eigenvalue weighted by atomic mass is 32.2. The Kier molecular flexibility index (Phi) is 4.01. The number of hydrogen-bond donors (Lipinski definition) is 1.